The number of nitro benzene ring substituents is 1. The fraction of sp³-hybridized carbons (Fsp3) is 0.150. The van der Waals surface area contributed by atoms with Gasteiger partial charge in [0.05, 0.1) is 4.92 Å². The third-order valence-corrected chi connectivity index (χ3v) is 3.77. The maximum Gasteiger partial charge on any atom is 0.269 e. The zero-order chi connectivity index (χ0) is 21.4. The minimum atomic E-state index is -0.494. The van der Waals surface area contributed by atoms with Gasteiger partial charge in [-0.25, -0.2) is 0 Å². The van der Waals surface area contributed by atoms with Crippen molar-refractivity contribution < 1.29 is 14.5 Å². The van der Waals surface area contributed by atoms with Crippen LogP contribution in [-0.2, 0) is 4.79 Å². The number of hydrogen-bond acceptors (Lipinski definition) is 5. The van der Waals surface area contributed by atoms with Gasteiger partial charge >= 0.3 is 0 Å². The highest BCUT2D eigenvalue weighted by atomic mass is 32.1. The van der Waals surface area contributed by atoms with E-state index in [2.05, 4.69) is 16.0 Å². The summed E-state index contributed by atoms with van der Waals surface area (Å²) >= 11 is 5.12. The molecular weight excluding hydrogens is 392 g/mol. The minimum Gasteiger partial charge on any atom is -0.350 e. The molecule has 3 N–H and O–H groups in total. The molecular formula is C20H20N4O4S. The van der Waals surface area contributed by atoms with Crippen molar-refractivity contribution in [3.63, 3.8) is 0 Å². The lowest BCUT2D eigenvalue weighted by molar-refractivity contribution is -0.384. The second-order valence-corrected chi connectivity index (χ2v) is 6.74. The van der Waals surface area contributed by atoms with E-state index < -0.39 is 10.8 Å². The molecule has 0 radical (unpaired) electrons. The Bertz CT molecular complexity index is 955. The number of nitro groups is 1. The SMILES string of the molecule is CC(C)NC(=O)c1cccc(NC(=S)NC(=O)/C=C/c2ccc([N+](=O)[O-])cc2)c1. The number of non-ortho nitro benzene ring substituents is 1. The number of carbonyl (C=O) groups is 2. The van der Waals surface area contributed by atoms with E-state index in [9.17, 15) is 19.7 Å². The topological polar surface area (TPSA) is 113 Å². The van der Waals surface area contributed by atoms with Crippen molar-refractivity contribution in [1.82, 2.24) is 10.6 Å². The van der Waals surface area contributed by atoms with Crippen molar-refractivity contribution in [3.8, 4) is 0 Å². The fourth-order valence-corrected chi connectivity index (χ4v) is 2.50. The summed E-state index contributed by atoms with van der Waals surface area (Å²) in [6.45, 7) is 3.74. The number of nitrogens with one attached hydrogen (secondary N) is 3. The van der Waals surface area contributed by atoms with E-state index in [1.807, 2.05) is 13.8 Å². The first-order valence-corrected chi connectivity index (χ1v) is 9.11. The highest BCUT2D eigenvalue weighted by Gasteiger charge is 2.09. The smallest absolute Gasteiger partial charge is 0.269 e. The molecule has 0 aromatic heterocycles. The Kier molecular flexibility index (Phi) is 7.55. The summed E-state index contributed by atoms with van der Waals surface area (Å²) in [5, 5.41) is 18.9. The summed E-state index contributed by atoms with van der Waals surface area (Å²) in [4.78, 5) is 34.2. The van der Waals surface area contributed by atoms with Crippen LogP contribution in [0.4, 0.5) is 11.4 Å². The van der Waals surface area contributed by atoms with Crippen LogP contribution in [0.25, 0.3) is 6.08 Å². The van der Waals surface area contributed by atoms with Crippen molar-refractivity contribution in [3.05, 3.63) is 75.8 Å². The molecule has 9 heteroatoms. The quantitative estimate of drug-likeness (QED) is 0.290. The Labute approximate surface area is 173 Å². The van der Waals surface area contributed by atoms with Gasteiger partial charge in [0.1, 0.15) is 0 Å². The van der Waals surface area contributed by atoms with Crippen LogP contribution < -0.4 is 16.0 Å². The molecule has 8 nitrogen and oxygen atoms in total. The number of carbonyl (C=O) groups excluding carboxylic acids is 2. The molecule has 150 valence electrons. The van der Waals surface area contributed by atoms with E-state index in [0.717, 1.165) is 0 Å². The molecule has 0 saturated heterocycles. The van der Waals surface area contributed by atoms with Gasteiger partial charge in [0.25, 0.3) is 11.6 Å². The minimum absolute atomic E-state index is 0.0158. The van der Waals surface area contributed by atoms with Crippen molar-refractivity contribution in [2.45, 2.75) is 19.9 Å². The summed E-state index contributed by atoms with van der Waals surface area (Å²) < 4.78 is 0. The van der Waals surface area contributed by atoms with Gasteiger partial charge in [-0.1, -0.05) is 6.07 Å². The van der Waals surface area contributed by atoms with Gasteiger partial charge in [0.2, 0.25) is 5.91 Å². The average molecular weight is 412 g/mol. The number of rotatable bonds is 6. The van der Waals surface area contributed by atoms with Crippen molar-refractivity contribution in [1.29, 1.82) is 0 Å². The molecule has 0 aliphatic carbocycles. The lowest BCUT2D eigenvalue weighted by Gasteiger charge is -2.11. The van der Waals surface area contributed by atoms with Crippen LogP contribution in [0.2, 0.25) is 0 Å². The van der Waals surface area contributed by atoms with E-state index in [1.54, 1.807) is 24.3 Å². The number of benzene rings is 2. The molecule has 0 unspecified atom stereocenters. The highest BCUT2D eigenvalue weighted by Crippen LogP contribution is 2.13. The van der Waals surface area contributed by atoms with Gasteiger partial charge in [-0.2, -0.15) is 0 Å². The lowest BCUT2D eigenvalue weighted by Crippen LogP contribution is -2.33. The predicted molar refractivity (Wildman–Crippen MR) is 116 cm³/mol. The number of anilines is 1. The Morgan fingerprint density at radius 1 is 1.14 bits per heavy atom. The molecule has 0 spiro atoms. The summed E-state index contributed by atoms with van der Waals surface area (Å²) in [5.41, 5.74) is 1.64. The first kappa shape index (κ1) is 21.7. The maximum absolute atomic E-state index is 12.1. The molecule has 0 saturated carbocycles. The van der Waals surface area contributed by atoms with Gasteiger partial charge in [0, 0.05) is 35.5 Å². The van der Waals surface area contributed by atoms with Crippen LogP contribution in [0, 0.1) is 10.1 Å². The van der Waals surface area contributed by atoms with Crippen LogP contribution in [0.3, 0.4) is 0 Å². The van der Waals surface area contributed by atoms with Crippen molar-refractivity contribution in [2.24, 2.45) is 0 Å². The molecule has 2 aromatic carbocycles. The molecule has 29 heavy (non-hydrogen) atoms. The van der Waals surface area contributed by atoms with Crippen molar-refractivity contribution in [2.75, 3.05) is 5.32 Å². The van der Waals surface area contributed by atoms with Gasteiger partial charge in [0.15, 0.2) is 5.11 Å². The average Bonchev–Trinajstić information content (AvgIpc) is 2.66. The number of hydrogen-bond donors (Lipinski definition) is 3. The van der Waals surface area contributed by atoms with E-state index in [4.69, 9.17) is 12.2 Å². The number of amides is 2. The maximum atomic E-state index is 12.1. The molecule has 0 heterocycles. The number of thiocarbonyl (C=S) groups is 1. The van der Waals surface area contributed by atoms with Crippen LogP contribution in [0.1, 0.15) is 29.8 Å². The molecule has 0 atom stereocenters. The summed E-state index contributed by atoms with van der Waals surface area (Å²) in [6, 6.07) is 12.5. The third kappa shape index (κ3) is 7.15. The van der Waals surface area contributed by atoms with Gasteiger partial charge in [-0.3, -0.25) is 25.0 Å². The molecule has 0 aliphatic heterocycles. The molecule has 2 aromatic rings. The van der Waals surface area contributed by atoms with Gasteiger partial charge < -0.3 is 10.6 Å². The molecule has 2 amide bonds. The molecule has 2 rings (SSSR count). The van der Waals surface area contributed by atoms with Gasteiger partial charge in [-0.05, 0) is 68.0 Å². The Hall–Kier alpha value is -3.59. The third-order valence-electron chi connectivity index (χ3n) is 3.57. The Balaban J connectivity index is 1.92. The summed E-state index contributed by atoms with van der Waals surface area (Å²) in [7, 11) is 0. The zero-order valence-electron chi connectivity index (χ0n) is 15.8. The molecule has 0 aliphatic rings. The summed E-state index contributed by atoms with van der Waals surface area (Å²) in [5.74, 6) is -0.667. The first-order chi connectivity index (χ1) is 13.7. The van der Waals surface area contributed by atoms with Crippen LogP contribution in [0.5, 0.6) is 0 Å². The molecule has 0 fully saturated rings. The first-order valence-electron chi connectivity index (χ1n) is 8.70. The summed E-state index contributed by atoms with van der Waals surface area (Å²) in [6.07, 6.45) is 2.78. The van der Waals surface area contributed by atoms with E-state index in [-0.39, 0.29) is 22.7 Å². The Morgan fingerprint density at radius 2 is 1.83 bits per heavy atom. The Morgan fingerprint density at radius 3 is 2.45 bits per heavy atom. The number of nitrogens with zero attached hydrogens (tertiary/aromatic N) is 1. The van der Waals surface area contributed by atoms with Gasteiger partial charge in [-0.15, -0.1) is 0 Å². The predicted octanol–water partition coefficient (Wildman–Crippen LogP) is 3.26. The second kappa shape index (κ2) is 10.1. The highest BCUT2D eigenvalue weighted by molar-refractivity contribution is 7.80. The van der Waals surface area contributed by atoms with E-state index >= 15 is 0 Å². The zero-order valence-corrected chi connectivity index (χ0v) is 16.7. The largest absolute Gasteiger partial charge is 0.350 e. The van der Waals surface area contributed by atoms with Crippen LogP contribution >= 0.6 is 12.2 Å². The lowest BCUT2D eigenvalue weighted by atomic mass is 10.2. The standard InChI is InChI=1S/C20H20N4O4S/c1-13(2)21-19(26)15-4-3-5-16(12-15)22-20(29)23-18(25)11-8-14-6-9-17(10-7-14)24(27)28/h3-13H,1-2H3,(H,21,26)(H2,22,23,25,29)/b11-8+. The van der Waals surface area contributed by atoms with E-state index in [0.29, 0.717) is 16.8 Å². The van der Waals surface area contributed by atoms with Crippen LogP contribution in [0.15, 0.2) is 54.6 Å². The fourth-order valence-electron chi connectivity index (χ4n) is 2.28. The normalized spacial score (nSPS) is 10.6. The van der Waals surface area contributed by atoms with E-state index in [1.165, 1.54) is 36.4 Å². The monoisotopic (exact) mass is 412 g/mol. The van der Waals surface area contributed by atoms with Crippen molar-refractivity contribution >= 4 is 46.6 Å². The second-order valence-electron chi connectivity index (χ2n) is 6.33. The van der Waals surface area contributed by atoms with Crippen LogP contribution in [-0.4, -0.2) is 27.9 Å². The molecule has 0 bridgehead atoms.